The van der Waals surface area contributed by atoms with Crippen LogP contribution in [0.2, 0.25) is 5.02 Å². The molecule has 7 nitrogen and oxygen atoms in total. The van der Waals surface area contributed by atoms with Crippen molar-refractivity contribution in [1.29, 1.82) is 0 Å². The molecular weight excluding hydrogens is 474 g/mol. The van der Waals surface area contributed by atoms with E-state index in [1.54, 1.807) is 37.3 Å². The molecule has 0 radical (unpaired) electrons. The predicted molar refractivity (Wildman–Crippen MR) is 139 cm³/mol. The minimum absolute atomic E-state index is 0.00450. The zero-order chi connectivity index (χ0) is 24.7. The minimum Gasteiger partial charge on any atom is -0.493 e. The summed E-state index contributed by atoms with van der Waals surface area (Å²) in [6.07, 6.45) is 0. The molecule has 0 spiro atoms. The van der Waals surface area contributed by atoms with Gasteiger partial charge in [-0.05, 0) is 42.8 Å². The number of methoxy groups -OCH3 is 1. The summed E-state index contributed by atoms with van der Waals surface area (Å²) in [5.41, 5.74) is 2.31. The van der Waals surface area contributed by atoms with E-state index in [4.69, 9.17) is 21.1 Å². The number of nitrogens with zero attached hydrogens (tertiary/aromatic N) is 1. The Kier molecular flexibility index (Phi) is 8.79. The number of carbonyl (C=O) groups is 2. The number of halogens is 1. The molecule has 34 heavy (non-hydrogen) atoms. The summed E-state index contributed by atoms with van der Waals surface area (Å²) in [7, 11) is 3.32. The van der Waals surface area contributed by atoms with Crippen LogP contribution >= 0.6 is 22.9 Å². The van der Waals surface area contributed by atoms with Crippen LogP contribution in [0.3, 0.4) is 0 Å². The molecule has 0 saturated heterocycles. The Morgan fingerprint density at radius 1 is 1.09 bits per heavy atom. The first-order valence-electron chi connectivity index (χ1n) is 10.8. The first kappa shape index (κ1) is 25.4. The fourth-order valence-electron chi connectivity index (χ4n) is 3.36. The number of benzene rings is 2. The molecule has 2 N–H and O–H groups in total. The van der Waals surface area contributed by atoms with Gasteiger partial charge in [0.25, 0.3) is 5.91 Å². The third-order valence-electron chi connectivity index (χ3n) is 5.20. The lowest BCUT2D eigenvalue weighted by Gasteiger charge is -2.19. The molecule has 0 aliphatic rings. The van der Waals surface area contributed by atoms with Crippen molar-refractivity contribution in [3.05, 3.63) is 58.4 Å². The molecule has 0 unspecified atom stereocenters. The largest absolute Gasteiger partial charge is 0.493 e. The van der Waals surface area contributed by atoms with Crippen LogP contribution in [0.15, 0.2) is 48.5 Å². The second-order valence-electron chi connectivity index (χ2n) is 7.38. The van der Waals surface area contributed by atoms with Crippen molar-refractivity contribution in [2.75, 3.05) is 44.5 Å². The normalized spacial score (nSPS) is 10.5. The number of rotatable bonds is 10. The third kappa shape index (κ3) is 6.21. The lowest BCUT2D eigenvalue weighted by Crippen LogP contribution is -2.32. The molecule has 1 aromatic heterocycles. The molecule has 180 valence electrons. The summed E-state index contributed by atoms with van der Waals surface area (Å²) in [4.78, 5) is 27.8. The quantitative estimate of drug-likeness (QED) is 0.377. The van der Waals surface area contributed by atoms with Gasteiger partial charge in [-0.25, -0.2) is 0 Å². The summed E-state index contributed by atoms with van der Waals surface area (Å²) < 4.78 is 11.2. The Morgan fingerprint density at radius 2 is 1.82 bits per heavy atom. The molecular formula is C25H28ClN3O4S. The zero-order valence-corrected chi connectivity index (χ0v) is 21.2. The number of nitrogens with one attached hydrogen (secondary N) is 2. The Hall–Kier alpha value is -3.23. The van der Waals surface area contributed by atoms with E-state index in [2.05, 4.69) is 10.6 Å². The van der Waals surface area contributed by atoms with Gasteiger partial charge in [0, 0.05) is 42.2 Å². The number of hydrogen-bond donors (Lipinski definition) is 2. The topological polar surface area (TPSA) is 79.9 Å². The van der Waals surface area contributed by atoms with Gasteiger partial charge in [0.2, 0.25) is 5.91 Å². The third-order valence-corrected chi connectivity index (χ3v) is 6.64. The van der Waals surface area contributed by atoms with E-state index in [-0.39, 0.29) is 11.8 Å². The van der Waals surface area contributed by atoms with Crippen LogP contribution in [0.5, 0.6) is 11.5 Å². The van der Waals surface area contributed by atoms with Crippen LogP contribution in [0.25, 0.3) is 10.4 Å². The van der Waals surface area contributed by atoms with Crippen molar-refractivity contribution in [3.63, 3.8) is 0 Å². The smallest absolute Gasteiger partial charge is 0.267 e. The van der Waals surface area contributed by atoms with Crippen molar-refractivity contribution in [1.82, 2.24) is 4.90 Å². The van der Waals surface area contributed by atoms with Gasteiger partial charge in [0.15, 0.2) is 11.5 Å². The highest BCUT2D eigenvalue weighted by atomic mass is 35.5. The predicted octanol–water partition coefficient (Wildman–Crippen LogP) is 5.62. The van der Waals surface area contributed by atoms with E-state index in [0.29, 0.717) is 46.8 Å². The fraction of sp³-hybridized carbons (Fsp3) is 0.280. The Morgan fingerprint density at radius 3 is 2.44 bits per heavy atom. The summed E-state index contributed by atoms with van der Waals surface area (Å²) in [6, 6.07) is 14.7. The van der Waals surface area contributed by atoms with Crippen molar-refractivity contribution in [2.45, 2.75) is 13.8 Å². The highest BCUT2D eigenvalue weighted by Crippen LogP contribution is 2.36. The number of anilines is 2. The number of carbonyl (C=O) groups excluding carboxylic acids is 2. The van der Waals surface area contributed by atoms with Gasteiger partial charge in [0.05, 0.1) is 19.3 Å². The second-order valence-corrected chi connectivity index (χ2v) is 8.87. The van der Waals surface area contributed by atoms with Gasteiger partial charge in [-0.1, -0.05) is 23.7 Å². The highest BCUT2D eigenvalue weighted by Gasteiger charge is 2.18. The van der Waals surface area contributed by atoms with E-state index >= 15 is 0 Å². The fourth-order valence-corrected chi connectivity index (χ4v) is 4.55. The molecule has 0 aliphatic carbocycles. The van der Waals surface area contributed by atoms with Crippen molar-refractivity contribution < 1.29 is 19.1 Å². The summed E-state index contributed by atoms with van der Waals surface area (Å²) in [6.45, 7) is 4.90. The highest BCUT2D eigenvalue weighted by molar-refractivity contribution is 7.18. The van der Waals surface area contributed by atoms with E-state index < -0.39 is 0 Å². The molecule has 2 amide bonds. The van der Waals surface area contributed by atoms with Crippen molar-refractivity contribution >= 4 is 46.1 Å². The maximum absolute atomic E-state index is 13.0. The van der Waals surface area contributed by atoms with Crippen LogP contribution in [-0.4, -0.2) is 50.6 Å². The molecule has 0 atom stereocenters. The second kappa shape index (κ2) is 11.8. The monoisotopic (exact) mass is 501 g/mol. The minimum atomic E-state index is -0.231. The average molecular weight is 502 g/mol. The number of ether oxygens (including phenoxy) is 2. The summed E-state index contributed by atoms with van der Waals surface area (Å²) in [5.74, 6) is 0.804. The molecule has 0 saturated carbocycles. The van der Waals surface area contributed by atoms with Crippen LogP contribution < -0.4 is 20.1 Å². The molecule has 1 heterocycles. The summed E-state index contributed by atoms with van der Waals surface area (Å²) in [5, 5.41) is 6.68. The number of likely N-dealkylation sites (N-methyl/N-ethyl adjacent to an activating group) is 1. The van der Waals surface area contributed by atoms with Gasteiger partial charge in [0.1, 0.15) is 11.5 Å². The van der Waals surface area contributed by atoms with Gasteiger partial charge in [-0.15, -0.1) is 11.3 Å². The standard InChI is InChI=1S/C25H28ClN3O4S/c1-5-29(16(2)30)12-13-33-21-11-10-19(14-22(21)32-4)28-25(31)24-20(27-3)15-23(34-24)17-6-8-18(26)9-7-17/h6-11,14-15,27H,5,12-13H2,1-4H3,(H,28,31). The molecule has 2 aromatic carbocycles. The zero-order valence-electron chi connectivity index (χ0n) is 19.6. The van der Waals surface area contributed by atoms with Gasteiger partial charge >= 0.3 is 0 Å². The van der Waals surface area contributed by atoms with E-state index in [1.165, 1.54) is 18.3 Å². The first-order chi connectivity index (χ1) is 16.4. The number of amides is 2. The molecule has 0 bridgehead atoms. The van der Waals surface area contributed by atoms with Crippen molar-refractivity contribution in [3.8, 4) is 21.9 Å². The van der Waals surface area contributed by atoms with Crippen LogP contribution in [0.1, 0.15) is 23.5 Å². The first-order valence-corrected chi connectivity index (χ1v) is 12.0. The van der Waals surface area contributed by atoms with Crippen LogP contribution in [-0.2, 0) is 4.79 Å². The SMILES string of the molecule is CCN(CCOc1ccc(NC(=O)c2sc(-c3ccc(Cl)cc3)cc2NC)cc1OC)C(C)=O. The lowest BCUT2D eigenvalue weighted by atomic mass is 10.2. The molecule has 0 fully saturated rings. The molecule has 0 aliphatic heterocycles. The number of thiophene rings is 1. The molecule has 3 aromatic rings. The molecule has 9 heteroatoms. The molecule has 3 rings (SSSR count). The van der Waals surface area contributed by atoms with Gasteiger partial charge in [-0.2, -0.15) is 0 Å². The Labute approximate surface area is 208 Å². The lowest BCUT2D eigenvalue weighted by molar-refractivity contribution is -0.129. The Balaban J connectivity index is 1.72. The maximum Gasteiger partial charge on any atom is 0.267 e. The summed E-state index contributed by atoms with van der Waals surface area (Å²) >= 11 is 7.39. The Bertz CT molecular complexity index is 1150. The van der Waals surface area contributed by atoms with E-state index in [9.17, 15) is 9.59 Å². The van der Waals surface area contributed by atoms with E-state index in [1.807, 2.05) is 37.3 Å². The number of hydrogen-bond acceptors (Lipinski definition) is 6. The van der Waals surface area contributed by atoms with Crippen LogP contribution in [0.4, 0.5) is 11.4 Å². The van der Waals surface area contributed by atoms with E-state index in [0.717, 1.165) is 16.1 Å². The van der Waals surface area contributed by atoms with Crippen LogP contribution in [0, 0.1) is 0 Å². The van der Waals surface area contributed by atoms with Crippen molar-refractivity contribution in [2.24, 2.45) is 0 Å². The average Bonchev–Trinajstić information content (AvgIpc) is 3.27. The van der Waals surface area contributed by atoms with Gasteiger partial charge in [-0.3, -0.25) is 9.59 Å². The van der Waals surface area contributed by atoms with Gasteiger partial charge < -0.3 is 25.0 Å². The maximum atomic E-state index is 13.0.